The molecule has 0 radical (unpaired) electrons. The Hall–Kier alpha value is -1.20. The highest BCUT2D eigenvalue weighted by Gasteiger charge is 2.43. The fourth-order valence-electron chi connectivity index (χ4n) is 3.29. The lowest BCUT2D eigenvalue weighted by molar-refractivity contribution is 0.0950. The van der Waals surface area contributed by atoms with Crippen molar-refractivity contribution in [1.82, 2.24) is 15.2 Å². The molecule has 0 bridgehead atoms. The highest BCUT2D eigenvalue weighted by Crippen LogP contribution is 2.48. The summed E-state index contributed by atoms with van der Waals surface area (Å²) in [5.74, 6) is 2.71. The van der Waals surface area contributed by atoms with Gasteiger partial charge >= 0.3 is 0 Å². The van der Waals surface area contributed by atoms with E-state index in [1.807, 2.05) is 6.07 Å². The predicted octanol–water partition coefficient (Wildman–Crippen LogP) is 3.40. The summed E-state index contributed by atoms with van der Waals surface area (Å²) in [4.78, 5) is 5.85. The molecular weight excluding hydrogens is 268 g/mol. The summed E-state index contributed by atoms with van der Waals surface area (Å²) in [5, 5.41) is 9.60. The number of hydrogen-bond donors (Lipinski definition) is 2. The Labute approximate surface area is 123 Å². The number of nitrogens with zero attached hydrogens (tertiary/aromatic N) is 2. The number of aromatic amines is 1. The van der Waals surface area contributed by atoms with Crippen LogP contribution >= 0.6 is 11.3 Å². The predicted molar refractivity (Wildman–Crippen MR) is 82.6 cm³/mol. The second-order valence-corrected chi connectivity index (χ2v) is 7.37. The molecule has 0 saturated heterocycles. The summed E-state index contributed by atoms with van der Waals surface area (Å²) in [5.41, 5.74) is 6.37. The molecule has 0 aromatic carbocycles. The molecule has 2 heterocycles. The second-order valence-electron chi connectivity index (χ2n) is 6.43. The Bertz CT molecular complexity index is 572. The molecule has 3 rings (SSSR count). The number of hydrogen-bond acceptors (Lipinski definition) is 4. The van der Waals surface area contributed by atoms with Crippen LogP contribution in [0.2, 0.25) is 0 Å². The third-order valence-electron chi connectivity index (χ3n) is 5.08. The topological polar surface area (TPSA) is 67.6 Å². The van der Waals surface area contributed by atoms with E-state index in [1.54, 1.807) is 11.3 Å². The first-order valence-electron chi connectivity index (χ1n) is 7.22. The van der Waals surface area contributed by atoms with E-state index in [2.05, 4.69) is 42.4 Å². The van der Waals surface area contributed by atoms with Crippen LogP contribution < -0.4 is 5.73 Å². The van der Waals surface area contributed by atoms with Gasteiger partial charge in [0.15, 0.2) is 5.82 Å². The molecule has 1 aliphatic rings. The summed E-state index contributed by atoms with van der Waals surface area (Å²) in [6, 6.07) is 4.38. The quantitative estimate of drug-likeness (QED) is 0.890. The van der Waals surface area contributed by atoms with Crippen LogP contribution in [0.1, 0.15) is 45.4 Å². The van der Waals surface area contributed by atoms with Crippen molar-refractivity contribution >= 4 is 11.3 Å². The van der Waals surface area contributed by atoms with Gasteiger partial charge in [0.1, 0.15) is 5.82 Å². The number of aromatic nitrogens is 3. The van der Waals surface area contributed by atoms with E-state index in [-0.39, 0.29) is 5.41 Å². The van der Waals surface area contributed by atoms with E-state index in [0.717, 1.165) is 29.4 Å². The van der Waals surface area contributed by atoms with Crippen LogP contribution in [0.15, 0.2) is 17.5 Å². The largest absolute Gasteiger partial charge is 0.327 e. The maximum absolute atomic E-state index is 6.23. The average molecular weight is 290 g/mol. The average Bonchev–Trinajstić information content (AvgIpc) is 3.06. The summed E-state index contributed by atoms with van der Waals surface area (Å²) in [6.07, 6.45) is 2.14. The van der Waals surface area contributed by atoms with E-state index in [9.17, 15) is 0 Å². The molecule has 2 aromatic heterocycles. The van der Waals surface area contributed by atoms with Gasteiger partial charge in [0.2, 0.25) is 0 Å². The number of nitrogens with two attached hydrogens (primary N) is 1. The summed E-state index contributed by atoms with van der Waals surface area (Å²) in [6.45, 7) is 6.86. The zero-order valence-electron chi connectivity index (χ0n) is 12.3. The van der Waals surface area contributed by atoms with Gasteiger partial charge in [-0.3, -0.25) is 5.10 Å². The van der Waals surface area contributed by atoms with Crippen LogP contribution in [0.3, 0.4) is 0 Å². The molecular formula is C15H22N4S. The molecule has 0 aliphatic heterocycles. The van der Waals surface area contributed by atoms with Crippen molar-refractivity contribution in [2.75, 3.05) is 0 Å². The zero-order valence-corrected chi connectivity index (χ0v) is 13.1. The van der Waals surface area contributed by atoms with Crippen molar-refractivity contribution in [3.63, 3.8) is 0 Å². The molecule has 4 nitrogen and oxygen atoms in total. The van der Waals surface area contributed by atoms with E-state index >= 15 is 0 Å². The van der Waals surface area contributed by atoms with Crippen LogP contribution in [0, 0.1) is 11.3 Å². The molecule has 2 aromatic rings. The second kappa shape index (κ2) is 4.97. The minimum Gasteiger partial charge on any atom is -0.327 e. The van der Waals surface area contributed by atoms with Crippen molar-refractivity contribution in [3.8, 4) is 10.7 Å². The molecule has 3 N–H and O–H groups in total. The molecule has 1 aliphatic carbocycles. The van der Waals surface area contributed by atoms with Gasteiger partial charge in [-0.15, -0.1) is 11.3 Å². The van der Waals surface area contributed by atoms with E-state index in [1.165, 1.54) is 0 Å². The lowest BCUT2D eigenvalue weighted by Crippen LogP contribution is -2.46. The minimum absolute atomic E-state index is 0.143. The summed E-state index contributed by atoms with van der Waals surface area (Å²) < 4.78 is 0. The lowest BCUT2D eigenvalue weighted by Gasteiger charge is -2.45. The van der Waals surface area contributed by atoms with E-state index in [0.29, 0.717) is 17.9 Å². The third kappa shape index (κ3) is 2.19. The minimum atomic E-state index is 0.143. The molecule has 1 fully saturated rings. The van der Waals surface area contributed by atoms with Gasteiger partial charge in [-0.1, -0.05) is 26.8 Å². The first kappa shape index (κ1) is 13.8. The smallest absolute Gasteiger partial charge is 0.191 e. The van der Waals surface area contributed by atoms with Crippen molar-refractivity contribution in [3.05, 3.63) is 23.3 Å². The molecule has 0 amide bonds. The van der Waals surface area contributed by atoms with Gasteiger partial charge in [0.25, 0.3) is 0 Å². The van der Waals surface area contributed by atoms with Gasteiger partial charge in [-0.2, -0.15) is 5.10 Å². The monoisotopic (exact) mass is 290 g/mol. The Kier molecular flexibility index (Phi) is 3.42. The van der Waals surface area contributed by atoms with Crippen molar-refractivity contribution in [1.29, 1.82) is 0 Å². The van der Waals surface area contributed by atoms with Crippen molar-refractivity contribution in [2.45, 2.75) is 45.6 Å². The summed E-state index contributed by atoms with van der Waals surface area (Å²) >= 11 is 1.67. The fraction of sp³-hybridized carbons (Fsp3) is 0.600. The van der Waals surface area contributed by atoms with Crippen molar-refractivity contribution in [2.24, 2.45) is 17.1 Å². The van der Waals surface area contributed by atoms with Gasteiger partial charge < -0.3 is 5.73 Å². The van der Waals surface area contributed by atoms with Crippen molar-refractivity contribution < 1.29 is 0 Å². The van der Waals surface area contributed by atoms with Gasteiger partial charge in [0, 0.05) is 12.0 Å². The molecule has 3 unspecified atom stereocenters. The molecule has 20 heavy (non-hydrogen) atoms. The van der Waals surface area contributed by atoms with Crippen LogP contribution in [0.25, 0.3) is 10.7 Å². The Morgan fingerprint density at radius 1 is 1.40 bits per heavy atom. The molecule has 3 atom stereocenters. The molecule has 1 saturated carbocycles. The van der Waals surface area contributed by atoms with Crippen LogP contribution in [-0.2, 0) is 0 Å². The highest BCUT2D eigenvalue weighted by molar-refractivity contribution is 7.13. The zero-order chi connectivity index (χ0) is 14.3. The molecule has 5 heteroatoms. The van der Waals surface area contributed by atoms with Gasteiger partial charge in [-0.25, -0.2) is 4.98 Å². The van der Waals surface area contributed by atoms with Gasteiger partial charge in [0.05, 0.1) is 4.88 Å². The fourth-order valence-corrected chi connectivity index (χ4v) is 3.94. The summed E-state index contributed by atoms with van der Waals surface area (Å²) in [7, 11) is 0. The first-order valence-corrected chi connectivity index (χ1v) is 8.10. The maximum atomic E-state index is 6.23. The first-order chi connectivity index (χ1) is 9.50. The van der Waals surface area contributed by atoms with Crippen LogP contribution in [0.5, 0.6) is 0 Å². The normalized spacial score (nSPS) is 29.5. The van der Waals surface area contributed by atoms with Crippen LogP contribution in [-0.4, -0.2) is 21.2 Å². The number of nitrogens with one attached hydrogen (secondary N) is 1. The Balaban J connectivity index is 1.89. The lowest BCUT2D eigenvalue weighted by atomic mass is 9.61. The SMILES string of the molecule is CC1C(N)CCC(c2nc(-c3cccs3)n[nH]2)C1(C)C. The number of rotatable bonds is 2. The molecule has 0 spiro atoms. The van der Waals surface area contributed by atoms with E-state index < -0.39 is 0 Å². The highest BCUT2D eigenvalue weighted by atomic mass is 32.1. The Morgan fingerprint density at radius 2 is 2.20 bits per heavy atom. The number of H-pyrrole nitrogens is 1. The third-order valence-corrected chi connectivity index (χ3v) is 5.94. The number of thiophene rings is 1. The van der Waals surface area contributed by atoms with Crippen LogP contribution in [0.4, 0.5) is 0 Å². The standard InChI is InChI=1S/C15H22N4S/c1-9-11(16)7-6-10(15(9,2)3)13-17-14(19-18-13)12-5-4-8-20-12/h4-5,8-11H,6-7,16H2,1-3H3,(H,17,18,19). The van der Waals surface area contributed by atoms with Gasteiger partial charge in [-0.05, 0) is 35.6 Å². The molecule has 108 valence electrons. The maximum Gasteiger partial charge on any atom is 0.191 e. The Morgan fingerprint density at radius 3 is 2.90 bits per heavy atom. The van der Waals surface area contributed by atoms with E-state index in [4.69, 9.17) is 10.7 Å².